The van der Waals surface area contributed by atoms with E-state index >= 15 is 0 Å². The van der Waals surface area contributed by atoms with Crippen LogP contribution in [0.3, 0.4) is 0 Å². The molecular weight excluding hydrogens is 290 g/mol. The van der Waals surface area contributed by atoms with Gasteiger partial charge in [-0.2, -0.15) is 0 Å². The summed E-state index contributed by atoms with van der Waals surface area (Å²) < 4.78 is 1.78. The molecule has 6 nitrogen and oxygen atoms in total. The maximum absolute atomic E-state index is 11.8. The van der Waals surface area contributed by atoms with Crippen LogP contribution in [0.25, 0.3) is 0 Å². The van der Waals surface area contributed by atoms with Gasteiger partial charge in [-0.1, -0.05) is 23.7 Å². The van der Waals surface area contributed by atoms with Gasteiger partial charge < -0.3 is 15.2 Å². The van der Waals surface area contributed by atoms with Gasteiger partial charge in [-0.25, -0.2) is 4.79 Å². The Kier molecular flexibility index (Phi) is 5.16. The van der Waals surface area contributed by atoms with Crippen molar-refractivity contribution in [2.75, 3.05) is 6.54 Å². The van der Waals surface area contributed by atoms with Crippen LogP contribution in [0.4, 0.5) is 4.79 Å². The van der Waals surface area contributed by atoms with E-state index in [1.165, 1.54) is 0 Å². The summed E-state index contributed by atoms with van der Waals surface area (Å²) in [5.41, 5.74) is 1.13. The lowest BCUT2D eigenvalue weighted by atomic mass is 10.1. The van der Waals surface area contributed by atoms with Gasteiger partial charge in [0.25, 0.3) is 0 Å². The maximum atomic E-state index is 11.8. The number of amides is 2. The molecule has 0 spiro atoms. The van der Waals surface area contributed by atoms with Crippen molar-refractivity contribution in [2.24, 2.45) is 7.05 Å². The molecule has 1 atom stereocenters. The van der Waals surface area contributed by atoms with Crippen LogP contribution in [-0.4, -0.2) is 27.3 Å². The zero-order valence-electron chi connectivity index (χ0n) is 12.0. The van der Waals surface area contributed by atoms with E-state index in [9.17, 15) is 4.79 Å². The zero-order chi connectivity index (χ0) is 15.2. The van der Waals surface area contributed by atoms with Crippen molar-refractivity contribution in [3.63, 3.8) is 0 Å². The number of nitrogens with zero attached hydrogens (tertiary/aromatic N) is 3. The molecule has 0 aliphatic rings. The molecule has 1 unspecified atom stereocenters. The monoisotopic (exact) mass is 307 g/mol. The number of halogens is 1. The van der Waals surface area contributed by atoms with Crippen molar-refractivity contribution in [3.05, 3.63) is 47.0 Å². The van der Waals surface area contributed by atoms with Gasteiger partial charge in [-0.05, 0) is 31.0 Å². The van der Waals surface area contributed by atoms with Gasteiger partial charge in [0.05, 0.1) is 6.04 Å². The fourth-order valence-corrected chi connectivity index (χ4v) is 2.09. The molecule has 2 N–H and O–H groups in total. The minimum absolute atomic E-state index is 0.201. The zero-order valence-corrected chi connectivity index (χ0v) is 12.8. The van der Waals surface area contributed by atoms with E-state index in [4.69, 9.17) is 11.6 Å². The summed E-state index contributed by atoms with van der Waals surface area (Å²) >= 11 is 5.82. The first kappa shape index (κ1) is 15.3. The minimum Gasteiger partial charge on any atom is -0.338 e. The molecule has 2 amide bonds. The summed E-state index contributed by atoms with van der Waals surface area (Å²) in [6.07, 6.45) is 2.36. The maximum Gasteiger partial charge on any atom is 0.315 e. The molecule has 0 saturated carbocycles. The van der Waals surface area contributed by atoms with Crippen LogP contribution >= 0.6 is 11.6 Å². The van der Waals surface area contributed by atoms with Gasteiger partial charge in [-0.15, -0.1) is 10.2 Å². The highest BCUT2D eigenvalue weighted by atomic mass is 35.5. The second-order valence-corrected chi connectivity index (χ2v) is 5.23. The van der Waals surface area contributed by atoms with E-state index in [1.54, 1.807) is 10.9 Å². The Bertz CT molecular complexity index is 596. The highest BCUT2D eigenvalue weighted by Gasteiger charge is 2.13. The van der Waals surface area contributed by atoms with Gasteiger partial charge in [0.15, 0.2) is 5.82 Å². The lowest BCUT2D eigenvalue weighted by molar-refractivity contribution is 0.237. The molecule has 21 heavy (non-hydrogen) atoms. The van der Waals surface area contributed by atoms with Gasteiger partial charge in [0.2, 0.25) is 0 Å². The molecular formula is C14H18ClN5O. The van der Waals surface area contributed by atoms with Gasteiger partial charge in [-0.3, -0.25) is 0 Å². The predicted octanol–water partition coefficient (Wildman–Crippen LogP) is 2.07. The number of nitrogens with one attached hydrogen (secondary N) is 2. The number of hydrogen-bond acceptors (Lipinski definition) is 3. The Morgan fingerprint density at radius 1 is 1.38 bits per heavy atom. The number of aryl methyl sites for hydroxylation is 1. The summed E-state index contributed by atoms with van der Waals surface area (Å²) in [5.74, 6) is 0.711. The molecule has 2 rings (SSSR count). The van der Waals surface area contributed by atoms with Crippen molar-refractivity contribution in [1.29, 1.82) is 0 Å². The molecule has 112 valence electrons. The van der Waals surface area contributed by atoms with E-state index in [-0.39, 0.29) is 12.1 Å². The van der Waals surface area contributed by atoms with Crippen LogP contribution in [-0.2, 0) is 13.5 Å². The SMILES string of the molecule is CC(NC(=O)NCCc1ccc(Cl)cc1)c1nncn1C. The Hall–Kier alpha value is -2.08. The van der Waals surface area contributed by atoms with E-state index in [1.807, 2.05) is 38.2 Å². The standard InChI is InChI=1S/C14H18ClN5O/c1-10(13-19-17-9-20(13)2)18-14(21)16-8-7-11-3-5-12(15)6-4-11/h3-6,9-10H,7-8H2,1-2H3,(H2,16,18,21). The van der Waals surface area contributed by atoms with E-state index in [2.05, 4.69) is 20.8 Å². The molecule has 0 bridgehead atoms. The average molecular weight is 308 g/mol. The first-order chi connectivity index (χ1) is 10.1. The number of urea groups is 1. The minimum atomic E-state index is -0.223. The first-order valence-electron chi connectivity index (χ1n) is 6.69. The molecule has 0 aliphatic carbocycles. The summed E-state index contributed by atoms with van der Waals surface area (Å²) in [6, 6.07) is 7.15. The number of benzene rings is 1. The smallest absolute Gasteiger partial charge is 0.315 e. The fourth-order valence-electron chi connectivity index (χ4n) is 1.97. The van der Waals surface area contributed by atoms with Crippen LogP contribution in [0.2, 0.25) is 5.02 Å². The van der Waals surface area contributed by atoms with Crippen molar-refractivity contribution >= 4 is 17.6 Å². The fraction of sp³-hybridized carbons (Fsp3) is 0.357. The molecule has 7 heteroatoms. The van der Waals surface area contributed by atoms with E-state index < -0.39 is 0 Å². The number of hydrogen-bond donors (Lipinski definition) is 2. The van der Waals surface area contributed by atoms with E-state index in [0.717, 1.165) is 12.0 Å². The van der Waals surface area contributed by atoms with Crippen LogP contribution < -0.4 is 10.6 Å². The van der Waals surface area contributed by atoms with Gasteiger partial charge in [0, 0.05) is 18.6 Å². The van der Waals surface area contributed by atoms with Gasteiger partial charge in [0.1, 0.15) is 6.33 Å². The predicted molar refractivity (Wildman–Crippen MR) is 81.1 cm³/mol. The normalized spacial score (nSPS) is 12.0. The van der Waals surface area contributed by atoms with Crippen molar-refractivity contribution in [3.8, 4) is 0 Å². The highest BCUT2D eigenvalue weighted by molar-refractivity contribution is 6.30. The average Bonchev–Trinajstić information content (AvgIpc) is 2.87. The molecule has 1 heterocycles. The molecule has 1 aromatic carbocycles. The Morgan fingerprint density at radius 2 is 2.10 bits per heavy atom. The van der Waals surface area contributed by atoms with Crippen molar-refractivity contribution in [1.82, 2.24) is 25.4 Å². The molecule has 0 saturated heterocycles. The first-order valence-corrected chi connectivity index (χ1v) is 7.07. The lowest BCUT2D eigenvalue weighted by Gasteiger charge is -2.13. The van der Waals surface area contributed by atoms with Crippen molar-refractivity contribution < 1.29 is 4.79 Å². The van der Waals surface area contributed by atoms with Crippen LogP contribution in [0.15, 0.2) is 30.6 Å². The van der Waals surface area contributed by atoms with E-state index in [0.29, 0.717) is 17.4 Å². The summed E-state index contributed by atoms with van der Waals surface area (Å²) in [7, 11) is 1.84. The Balaban J connectivity index is 1.75. The second-order valence-electron chi connectivity index (χ2n) is 4.80. The molecule has 2 aromatic rings. The number of carbonyl (C=O) groups excluding carboxylic acids is 1. The third-order valence-corrected chi connectivity index (χ3v) is 3.35. The quantitative estimate of drug-likeness (QED) is 0.888. The second kappa shape index (κ2) is 7.08. The summed E-state index contributed by atoms with van der Waals surface area (Å²) in [6.45, 7) is 2.42. The van der Waals surface area contributed by atoms with Gasteiger partial charge >= 0.3 is 6.03 Å². The Labute approximate surface area is 128 Å². The number of rotatable bonds is 5. The summed E-state index contributed by atoms with van der Waals surface area (Å²) in [5, 5.41) is 14.1. The van der Waals surface area contributed by atoms with Crippen LogP contribution in [0, 0.1) is 0 Å². The molecule has 1 aromatic heterocycles. The molecule has 0 radical (unpaired) electrons. The molecule has 0 aliphatic heterocycles. The van der Waals surface area contributed by atoms with Crippen LogP contribution in [0.5, 0.6) is 0 Å². The van der Waals surface area contributed by atoms with Crippen molar-refractivity contribution in [2.45, 2.75) is 19.4 Å². The third kappa shape index (κ3) is 4.46. The largest absolute Gasteiger partial charge is 0.338 e. The number of carbonyl (C=O) groups is 1. The summed E-state index contributed by atoms with van der Waals surface area (Å²) in [4.78, 5) is 11.8. The highest BCUT2D eigenvalue weighted by Crippen LogP contribution is 2.09. The lowest BCUT2D eigenvalue weighted by Crippen LogP contribution is -2.38. The van der Waals surface area contributed by atoms with Crippen LogP contribution in [0.1, 0.15) is 24.4 Å². The Morgan fingerprint density at radius 3 is 2.71 bits per heavy atom. The topological polar surface area (TPSA) is 71.8 Å². The third-order valence-electron chi connectivity index (χ3n) is 3.09. The number of aromatic nitrogens is 3. The molecule has 0 fully saturated rings.